The van der Waals surface area contributed by atoms with Gasteiger partial charge in [0.05, 0.1) is 0 Å². The number of rotatable bonds is 5. The molecule has 6 N–H and O–H groups in total. The summed E-state index contributed by atoms with van der Waals surface area (Å²) in [5, 5.41) is 5.60. The molecule has 0 saturated carbocycles. The molecule has 2 amide bonds. The first-order valence-electron chi connectivity index (χ1n) is 4.87. The molecule has 1 aromatic rings. The number of carbonyl (C=O) groups excluding carboxylic acids is 1. The molecule has 0 radical (unpaired) electrons. The van der Waals surface area contributed by atoms with Gasteiger partial charge in [0.1, 0.15) is 4.99 Å². The zero-order valence-electron chi connectivity index (χ0n) is 9.00. The second kappa shape index (κ2) is 6.41. The van der Waals surface area contributed by atoms with Gasteiger partial charge < -0.3 is 22.1 Å². The van der Waals surface area contributed by atoms with Gasteiger partial charge in [-0.3, -0.25) is 0 Å². The van der Waals surface area contributed by atoms with E-state index in [1.54, 1.807) is 0 Å². The third kappa shape index (κ3) is 4.58. The van der Waals surface area contributed by atoms with Crippen molar-refractivity contribution >= 4 is 44.9 Å². The molecule has 7 heteroatoms. The summed E-state index contributed by atoms with van der Waals surface area (Å²) in [6.45, 7) is 0.975. The number of halogens is 1. The van der Waals surface area contributed by atoms with Crippen molar-refractivity contribution in [2.24, 2.45) is 11.5 Å². The molecule has 1 rings (SSSR count). The molecule has 17 heavy (non-hydrogen) atoms. The van der Waals surface area contributed by atoms with E-state index in [0.29, 0.717) is 18.1 Å². The fourth-order valence-electron chi connectivity index (χ4n) is 1.26. The molecule has 0 aliphatic rings. The number of primary amides is 1. The number of anilines is 1. The van der Waals surface area contributed by atoms with E-state index in [4.69, 9.17) is 23.7 Å². The van der Waals surface area contributed by atoms with Gasteiger partial charge in [-0.1, -0.05) is 28.1 Å². The summed E-state index contributed by atoms with van der Waals surface area (Å²) in [6.07, 6.45) is 0. The molecule has 0 bridgehead atoms. The largest absolute Gasteiger partial charge is 0.389 e. The molecule has 0 aliphatic carbocycles. The van der Waals surface area contributed by atoms with E-state index in [1.165, 1.54) is 0 Å². The standard InChI is InChI=1S/C10H13BrN4OS/c11-6-1-2-8(7(5-6)9(12)17)14-3-4-15-10(13)16/h1-2,5,14H,3-4H2,(H2,12,17)(H3,13,15,16). The Morgan fingerprint density at radius 3 is 2.65 bits per heavy atom. The molecule has 0 heterocycles. The van der Waals surface area contributed by atoms with Crippen LogP contribution in [0.1, 0.15) is 5.56 Å². The first-order chi connectivity index (χ1) is 8.00. The lowest BCUT2D eigenvalue weighted by atomic mass is 10.2. The highest BCUT2D eigenvalue weighted by molar-refractivity contribution is 9.10. The highest BCUT2D eigenvalue weighted by Gasteiger charge is 2.05. The molecule has 92 valence electrons. The maximum absolute atomic E-state index is 10.5. The lowest BCUT2D eigenvalue weighted by Gasteiger charge is -2.11. The quantitative estimate of drug-likeness (QED) is 0.484. The van der Waals surface area contributed by atoms with E-state index in [9.17, 15) is 4.79 Å². The Hall–Kier alpha value is -1.34. The minimum atomic E-state index is -0.544. The highest BCUT2D eigenvalue weighted by atomic mass is 79.9. The van der Waals surface area contributed by atoms with Crippen LogP contribution < -0.4 is 22.1 Å². The first kappa shape index (κ1) is 13.7. The van der Waals surface area contributed by atoms with Crippen LogP contribution in [0.5, 0.6) is 0 Å². The normalized spacial score (nSPS) is 9.71. The van der Waals surface area contributed by atoms with Crippen molar-refractivity contribution in [2.45, 2.75) is 0 Å². The summed E-state index contributed by atoms with van der Waals surface area (Å²) in [5.74, 6) is 0. The zero-order chi connectivity index (χ0) is 12.8. The van der Waals surface area contributed by atoms with E-state index >= 15 is 0 Å². The minimum absolute atomic E-state index is 0.316. The molecular weight excluding hydrogens is 304 g/mol. The summed E-state index contributed by atoms with van der Waals surface area (Å²) < 4.78 is 0.904. The number of thiocarbonyl (C=S) groups is 1. The van der Waals surface area contributed by atoms with Gasteiger partial charge >= 0.3 is 6.03 Å². The van der Waals surface area contributed by atoms with Gasteiger partial charge in [0.25, 0.3) is 0 Å². The van der Waals surface area contributed by atoms with Gasteiger partial charge in [0, 0.05) is 28.8 Å². The molecule has 0 aromatic heterocycles. The van der Waals surface area contributed by atoms with Crippen LogP contribution in [0.2, 0.25) is 0 Å². The average molecular weight is 317 g/mol. The molecule has 0 atom stereocenters. The predicted molar refractivity (Wildman–Crippen MR) is 76.1 cm³/mol. The first-order valence-corrected chi connectivity index (χ1v) is 6.07. The third-order valence-corrected chi connectivity index (χ3v) is 2.70. The number of benzene rings is 1. The predicted octanol–water partition coefficient (Wildman–Crippen LogP) is 1.16. The van der Waals surface area contributed by atoms with Gasteiger partial charge in [0.15, 0.2) is 0 Å². The van der Waals surface area contributed by atoms with Crippen LogP contribution in [0.15, 0.2) is 22.7 Å². The Kier molecular flexibility index (Phi) is 5.17. The van der Waals surface area contributed by atoms with Crippen molar-refractivity contribution < 1.29 is 4.79 Å². The van der Waals surface area contributed by atoms with Crippen molar-refractivity contribution in [1.82, 2.24) is 5.32 Å². The van der Waals surface area contributed by atoms with Crippen molar-refractivity contribution in [3.63, 3.8) is 0 Å². The Labute approximate surface area is 113 Å². The molecule has 0 spiro atoms. The van der Waals surface area contributed by atoms with Gasteiger partial charge in [-0.2, -0.15) is 0 Å². The number of amides is 2. The van der Waals surface area contributed by atoms with Crippen molar-refractivity contribution in [3.8, 4) is 0 Å². The monoisotopic (exact) mass is 316 g/mol. The maximum atomic E-state index is 10.5. The van der Waals surface area contributed by atoms with Gasteiger partial charge in [-0.15, -0.1) is 0 Å². The van der Waals surface area contributed by atoms with Crippen LogP contribution in [0.4, 0.5) is 10.5 Å². The van der Waals surface area contributed by atoms with Crippen molar-refractivity contribution in [1.29, 1.82) is 0 Å². The number of nitrogens with two attached hydrogens (primary N) is 2. The third-order valence-electron chi connectivity index (χ3n) is 1.99. The van der Waals surface area contributed by atoms with Crippen LogP contribution >= 0.6 is 28.1 Å². The zero-order valence-corrected chi connectivity index (χ0v) is 11.4. The van der Waals surface area contributed by atoms with Crippen molar-refractivity contribution in [2.75, 3.05) is 18.4 Å². The summed E-state index contributed by atoms with van der Waals surface area (Å²) in [7, 11) is 0. The smallest absolute Gasteiger partial charge is 0.312 e. The van der Waals surface area contributed by atoms with Crippen LogP contribution in [0.3, 0.4) is 0 Å². The van der Waals surface area contributed by atoms with E-state index in [-0.39, 0.29) is 0 Å². The number of hydrogen-bond acceptors (Lipinski definition) is 3. The van der Waals surface area contributed by atoms with Gasteiger partial charge in [-0.05, 0) is 18.2 Å². The number of carbonyl (C=O) groups is 1. The molecule has 0 unspecified atom stereocenters. The summed E-state index contributed by atoms with van der Waals surface area (Å²) in [4.78, 5) is 10.8. The second-order valence-corrected chi connectivity index (χ2v) is 4.63. The summed E-state index contributed by atoms with van der Waals surface area (Å²) >= 11 is 8.31. The fourth-order valence-corrected chi connectivity index (χ4v) is 1.79. The van der Waals surface area contributed by atoms with Crippen LogP contribution in [-0.2, 0) is 0 Å². The van der Waals surface area contributed by atoms with E-state index < -0.39 is 6.03 Å². The number of urea groups is 1. The van der Waals surface area contributed by atoms with Crippen molar-refractivity contribution in [3.05, 3.63) is 28.2 Å². The van der Waals surface area contributed by atoms with E-state index in [1.807, 2.05) is 18.2 Å². The van der Waals surface area contributed by atoms with Crippen LogP contribution in [0.25, 0.3) is 0 Å². The molecule has 0 aliphatic heterocycles. The number of hydrogen-bond donors (Lipinski definition) is 4. The van der Waals surface area contributed by atoms with Crippen LogP contribution in [0, 0.1) is 0 Å². The molecule has 5 nitrogen and oxygen atoms in total. The Morgan fingerprint density at radius 2 is 2.06 bits per heavy atom. The lowest BCUT2D eigenvalue weighted by molar-refractivity contribution is 0.249. The number of nitrogens with one attached hydrogen (secondary N) is 2. The average Bonchev–Trinajstić information content (AvgIpc) is 2.25. The molecule has 0 saturated heterocycles. The Bertz CT molecular complexity index is 438. The lowest BCUT2D eigenvalue weighted by Crippen LogP contribution is -2.33. The minimum Gasteiger partial charge on any atom is -0.389 e. The van der Waals surface area contributed by atoms with Gasteiger partial charge in [-0.25, -0.2) is 4.79 Å². The van der Waals surface area contributed by atoms with Crippen LogP contribution in [-0.4, -0.2) is 24.1 Å². The second-order valence-electron chi connectivity index (χ2n) is 3.27. The maximum Gasteiger partial charge on any atom is 0.312 e. The highest BCUT2D eigenvalue weighted by Crippen LogP contribution is 2.20. The Balaban J connectivity index is 2.64. The SMILES string of the molecule is NC(=O)NCCNc1ccc(Br)cc1C(N)=S. The van der Waals surface area contributed by atoms with Gasteiger partial charge in [0.2, 0.25) is 0 Å². The topological polar surface area (TPSA) is 93.2 Å². The summed E-state index contributed by atoms with van der Waals surface area (Å²) in [5.41, 5.74) is 12.1. The van der Waals surface area contributed by atoms with E-state index in [2.05, 4.69) is 26.6 Å². The Morgan fingerprint density at radius 1 is 1.35 bits per heavy atom. The molecule has 1 aromatic carbocycles. The fraction of sp³-hybridized carbons (Fsp3) is 0.200. The molecular formula is C10H13BrN4OS. The molecule has 0 fully saturated rings. The van der Waals surface area contributed by atoms with E-state index in [0.717, 1.165) is 15.7 Å². The summed E-state index contributed by atoms with van der Waals surface area (Å²) in [6, 6.07) is 5.04.